The standard InChI is InChI=1S/C30H30F5N7O2S/c1-4-21(43)42-11-9-15(13-42)41(3)27-18-12-19(30(33,34)35)22(17-7-8-20(31)26-25(17)37-28(36)45-26)23(32)24(18)38-29(39-27)44-14-16-6-5-10-40(16)2/h4,7-8,12,15-16H,1,5-6,9-11,13-14H2,2-3H3,(H2,36,37)/t15-,16?/m1/s1. The van der Waals surface area contributed by atoms with Crippen molar-refractivity contribution in [2.45, 2.75) is 37.5 Å². The topological polar surface area (TPSA) is 101 Å². The SMILES string of the molecule is C=CC(=O)N1CC[C@@H](N(C)c2nc(OCC3CCCN3C)nc3c(F)c(-c4ccc(F)c5sc(N)nc45)c(C(F)(F)F)cc23)C1. The number of nitrogen functional groups attached to an aromatic ring is 1. The van der Waals surface area contributed by atoms with E-state index in [1.54, 1.807) is 16.8 Å². The van der Waals surface area contributed by atoms with Crippen molar-refractivity contribution in [3.8, 4) is 17.1 Å². The van der Waals surface area contributed by atoms with Crippen LogP contribution in [0.5, 0.6) is 6.01 Å². The summed E-state index contributed by atoms with van der Waals surface area (Å²) in [6.45, 7) is 5.27. The van der Waals surface area contributed by atoms with Gasteiger partial charge in [0.05, 0.1) is 15.8 Å². The molecule has 2 aliphatic heterocycles. The minimum Gasteiger partial charge on any atom is -0.462 e. The normalized spacial score (nSPS) is 19.1. The van der Waals surface area contributed by atoms with Crippen LogP contribution in [-0.4, -0.2) is 83.1 Å². The van der Waals surface area contributed by atoms with Crippen LogP contribution in [-0.2, 0) is 11.0 Å². The van der Waals surface area contributed by atoms with Crippen molar-refractivity contribution in [2.75, 3.05) is 51.0 Å². The Bertz CT molecular complexity index is 1810. The zero-order valence-corrected chi connectivity index (χ0v) is 25.3. The lowest BCUT2D eigenvalue weighted by molar-refractivity contribution is -0.137. The van der Waals surface area contributed by atoms with E-state index in [1.165, 1.54) is 6.08 Å². The fourth-order valence-electron chi connectivity index (χ4n) is 6.13. The summed E-state index contributed by atoms with van der Waals surface area (Å²) in [5.41, 5.74) is 2.77. The number of aromatic nitrogens is 3. The number of likely N-dealkylation sites (N-methyl/N-ethyl adjacent to an activating group) is 2. The van der Waals surface area contributed by atoms with Crippen molar-refractivity contribution in [1.29, 1.82) is 0 Å². The largest absolute Gasteiger partial charge is 0.462 e. The number of hydrogen-bond donors (Lipinski definition) is 1. The molecule has 0 bridgehead atoms. The third-order valence-corrected chi connectivity index (χ3v) is 9.48. The maximum atomic E-state index is 16.7. The molecule has 0 radical (unpaired) electrons. The van der Waals surface area contributed by atoms with Gasteiger partial charge in [0.1, 0.15) is 23.8 Å². The van der Waals surface area contributed by atoms with Crippen LogP contribution in [0, 0.1) is 11.6 Å². The van der Waals surface area contributed by atoms with Crippen molar-refractivity contribution in [3.05, 3.63) is 48.1 Å². The number of ether oxygens (including phenoxy) is 1. The van der Waals surface area contributed by atoms with Gasteiger partial charge in [0, 0.05) is 48.7 Å². The number of anilines is 2. The van der Waals surface area contributed by atoms with Crippen LogP contribution in [0.15, 0.2) is 30.9 Å². The van der Waals surface area contributed by atoms with E-state index in [4.69, 9.17) is 10.5 Å². The molecule has 2 fully saturated rings. The molecular weight excluding hydrogens is 617 g/mol. The monoisotopic (exact) mass is 647 g/mol. The molecule has 238 valence electrons. The van der Waals surface area contributed by atoms with Gasteiger partial charge in [-0.15, -0.1) is 0 Å². The zero-order chi connectivity index (χ0) is 32.2. The summed E-state index contributed by atoms with van der Waals surface area (Å²) < 4.78 is 81.3. The fourth-order valence-corrected chi connectivity index (χ4v) is 6.89. The molecule has 2 atom stereocenters. The predicted octanol–water partition coefficient (Wildman–Crippen LogP) is 5.48. The molecule has 15 heteroatoms. The lowest BCUT2D eigenvalue weighted by Crippen LogP contribution is -2.37. The Balaban J connectivity index is 1.55. The first-order valence-electron chi connectivity index (χ1n) is 14.3. The van der Waals surface area contributed by atoms with E-state index in [1.807, 2.05) is 7.05 Å². The second-order valence-corrected chi connectivity index (χ2v) is 12.3. The maximum absolute atomic E-state index is 16.7. The number of benzene rings is 2. The molecule has 0 aliphatic carbocycles. The average molecular weight is 648 g/mol. The van der Waals surface area contributed by atoms with E-state index < -0.39 is 34.5 Å². The number of nitrogens with zero attached hydrogens (tertiary/aromatic N) is 6. The molecule has 9 nitrogen and oxygen atoms in total. The number of fused-ring (bicyclic) bond motifs is 2. The summed E-state index contributed by atoms with van der Waals surface area (Å²) in [5, 5.41) is -0.272. The van der Waals surface area contributed by atoms with E-state index in [-0.39, 0.29) is 69.3 Å². The van der Waals surface area contributed by atoms with Crippen molar-refractivity contribution in [1.82, 2.24) is 24.8 Å². The van der Waals surface area contributed by atoms with Gasteiger partial charge < -0.3 is 25.2 Å². The Morgan fingerprint density at radius 2 is 1.98 bits per heavy atom. The quantitative estimate of drug-likeness (QED) is 0.208. The molecule has 4 heterocycles. The first-order valence-corrected chi connectivity index (χ1v) is 15.1. The predicted molar refractivity (Wildman–Crippen MR) is 162 cm³/mol. The van der Waals surface area contributed by atoms with Crippen molar-refractivity contribution < 1.29 is 31.5 Å². The number of carbonyl (C=O) groups is 1. The van der Waals surface area contributed by atoms with Crippen LogP contribution >= 0.6 is 11.3 Å². The number of halogens is 5. The second-order valence-electron chi connectivity index (χ2n) is 11.3. The number of alkyl halides is 3. The summed E-state index contributed by atoms with van der Waals surface area (Å²) in [5.74, 6) is -2.27. The first-order chi connectivity index (χ1) is 21.4. The molecule has 2 aromatic carbocycles. The van der Waals surface area contributed by atoms with Crippen LogP contribution in [0.25, 0.3) is 32.2 Å². The molecular formula is C30H30F5N7O2S. The summed E-state index contributed by atoms with van der Waals surface area (Å²) in [7, 11) is 3.58. The van der Waals surface area contributed by atoms with Crippen LogP contribution < -0.4 is 15.4 Å². The third-order valence-electron chi connectivity index (χ3n) is 8.59. The van der Waals surface area contributed by atoms with Crippen LogP contribution in [0.2, 0.25) is 0 Å². The summed E-state index contributed by atoms with van der Waals surface area (Å²) >= 11 is 0.753. The Labute approximate surface area is 259 Å². The average Bonchev–Trinajstić information content (AvgIpc) is 3.75. The van der Waals surface area contributed by atoms with Crippen molar-refractivity contribution in [3.63, 3.8) is 0 Å². The van der Waals surface area contributed by atoms with Crippen molar-refractivity contribution in [2.24, 2.45) is 0 Å². The Kier molecular flexibility index (Phi) is 8.01. The fraction of sp³-hybridized carbons (Fsp3) is 0.400. The molecule has 1 unspecified atom stereocenters. The molecule has 0 spiro atoms. The number of amides is 1. The number of thiazole rings is 1. The van der Waals surface area contributed by atoms with Gasteiger partial charge >= 0.3 is 12.2 Å². The first kappa shape index (κ1) is 30.9. The minimum atomic E-state index is -5.02. The van der Waals surface area contributed by atoms with E-state index in [0.29, 0.717) is 13.0 Å². The lowest BCUT2D eigenvalue weighted by Gasteiger charge is -2.28. The molecule has 1 amide bonds. The number of likely N-dealkylation sites (tertiary alicyclic amines) is 2. The van der Waals surface area contributed by atoms with Gasteiger partial charge in [0.25, 0.3) is 0 Å². The van der Waals surface area contributed by atoms with Crippen LogP contribution in [0.3, 0.4) is 0 Å². The molecule has 4 aromatic rings. The minimum absolute atomic E-state index is 0.0192. The summed E-state index contributed by atoms with van der Waals surface area (Å²) in [6, 6.07) is 2.35. The van der Waals surface area contributed by atoms with Crippen LogP contribution in [0.1, 0.15) is 24.8 Å². The number of rotatable bonds is 7. The van der Waals surface area contributed by atoms with Gasteiger partial charge in [-0.2, -0.15) is 23.1 Å². The number of carbonyl (C=O) groups excluding carboxylic acids is 1. The highest BCUT2D eigenvalue weighted by Gasteiger charge is 2.39. The highest BCUT2D eigenvalue weighted by Crippen LogP contribution is 2.46. The zero-order valence-electron chi connectivity index (χ0n) is 24.5. The van der Waals surface area contributed by atoms with Crippen LogP contribution in [0.4, 0.5) is 32.9 Å². The highest BCUT2D eigenvalue weighted by molar-refractivity contribution is 7.22. The smallest absolute Gasteiger partial charge is 0.417 e. The van der Waals surface area contributed by atoms with Gasteiger partial charge in [-0.05, 0) is 57.1 Å². The molecule has 45 heavy (non-hydrogen) atoms. The van der Waals surface area contributed by atoms with Gasteiger partial charge in [-0.1, -0.05) is 17.9 Å². The maximum Gasteiger partial charge on any atom is 0.417 e. The highest BCUT2D eigenvalue weighted by atomic mass is 32.1. The van der Waals surface area contributed by atoms with Crippen molar-refractivity contribution >= 4 is 49.3 Å². The van der Waals surface area contributed by atoms with E-state index >= 15 is 4.39 Å². The Morgan fingerprint density at radius 1 is 1.20 bits per heavy atom. The van der Waals surface area contributed by atoms with E-state index in [0.717, 1.165) is 48.9 Å². The molecule has 2 saturated heterocycles. The summed E-state index contributed by atoms with van der Waals surface area (Å²) in [6.07, 6.45) is -1.48. The lowest BCUT2D eigenvalue weighted by atomic mass is 9.95. The van der Waals surface area contributed by atoms with Gasteiger partial charge in [-0.3, -0.25) is 4.79 Å². The third kappa shape index (κ3) is 5.63. The Morgan fingerprint density at radius 3 is 2.67 bits per heavy atom. The van der Waals surface area contributed by atoms with Gasteiger partial charge in [0.15, 0.2) is 10.9 Å². The molecule has 0 saturated carbocycles. The molecule has 2 aromatic heterocycles. The second kappa shape index (κ2) is 11.7. The molecule has 2 aliphatic rings. The molecule has 2 N–H and O–H groups in total. The van der Waals surface area contributed by atoms with E-state index in [9.17, 15) is 22.4 Å². The van der Waals surface area contributed by atoms with Gasteiger partial charge in [-0.25, -0.2) is 13.8 Å². The number of nitrogens with two attached hydrogens (primary N) is 1. The van der Waals surface area contributed by atoms with E-state index in [2.05, 4.69) is 26.4 Å². The number of hydrogen-bond acceptors (Lipinski definition) is 9. The van der Waals surface area contributed by atoms with Gasteiger partial charge in [0.2, 0.25) is 5.91 Å². The molecule has 6 rings (SSSR count). The Hall–Kier alpha value is -4.11. The summed E-state index contributed by atoms with van der Waals surface area (Å²) in [4.78, 5) is 30.4.